The van der Waals surface area contributed by atoms with Crippen molar-refractivity contribution < 1.29 is 9.59 Å². The van der Waals surface area contributed by atoms with Gasteiger partial charge in [0.05, 0.1) is 6.42 Å². The van der Waals surface area contributed by atoms with Crippen LogP contribution in [0.4, 0.5) is 0 Å². The van der Waals surface area contributed by atoms with Gasteiger partial charge in [-0.3, -0.25) is 14.6 Å². The highest BCUT2D eigenvalue weighted by Gasteiger charge is 2.27. The fourth-order valence-electron chi connectivity index (χ4n) is 3.12. The normalized spacial score (nSPS) is 14.9. The van der Waals surface area contributed by atoms with Crippen molar-refractivity contribution >= 4 is 23.4 Å². The zero-order valence-electron chi connectivity index (χ0n) is 14.5. The summed E-state index contributed by atoms with van der Waals surface area (Å²) in [6, 6.07) is 11.1. The third-order valence-electron chi connectivity index (χ3n) is 4.68. The molecule has 26 heavy (non-hydrogen) atoms. The molecular weight excluding hydrogens is 350 g/mol. The van der Waals surface area contributed by atoms with Crippen LogP contribution in [-0.2, 0) is 22.6 Å². The summed E-state index contributed by atoms with van der Waals surface area (Å²) >= 11 is 5.87. The van der Waals surface area contributed by atoms with Gasteiger partial charge in [-0.2, -0.15) is 0 Å². The number of nitrogens with zero attached hydrogens (tertiary/aromatic N) is 2. The molecule has 1 aromatic heterocycles. The maximum absolute atomic E-state index is 12.4. The molecule has 1 aliphatic rings. The van der Waals surface area contributed by atoms with Crippen molar-refractivity contribution in [1.82, 2.24) is 15.2 Å². The van der Waals surface area contributed by atoms with Crippen LogP contribution in [-0.4, -0.2) is 34.8 Å². The lowest BCUT2D eigenvalue weighted by molar-refractivity contribution is -0.135. The molecule has 6 heteroatoms. The number of benzene rings is 1. The molecule has 2 amide bonds. The van der Waals surface area contributed by atoms with Gasteiger partial charge in [0.2, 0.25) is 11.8 Å². The number of rotatable bonds is 5. The van der Waals surface area contributed by atoms with Crippen molar-refractivity contribution in [2.75, 3.05) is 13.1 Å². The predicted molar refractivity (Wildman–Crippen MR) is 101 cm³/mol. The first-order valence-electron chi connectivity index (χ1n) is 8.80. The number of carbonyl (C=O) groups is 2. The summed E-state index contributed by atoms with van der Waals surface area (Å²) in [6.07, 6.45) is 5.23. The van der Waals surface area contributed by atoms with E-state index in [1.165, 1.54) is 0 Å². The largest absolute Gasteiger partial charge is 0.352 e. The number of aromatic nitrogens is 1. The number of carbonyl (C=O) groups excluding carboxylic acids is 2. The molecule has 0 spiro atoms. The minimum Gasteiger partial charge on any atom is -0.352 e. The molecule has 0 saturated carbocycles. The highest BCUT2D eigenvalue weighted by Crippen LogP contribution is 2.19. The molecule has 0 bridgehead atoms. The molecule has 3 rings (SSSR count). The van der Waals surface area contributed by atoms with Gasteiger partial charge in [-0.1, -0.05) is 29.8 Å². The van der Waals surface area contributed by atoms with Gasteiger partial charge in [0.25, 0.3) is 0 Å². The van der Waals surface area contributed by atoms with Crippen molar-refractivity contribution in [2.45, 2.75) is 25.8 Å². The van der Waals surface area contributed by atoms with Crippen LogP contribution in [0.1, 0.15) is 24.0 Å². The summed E-state index contributed by atoms with van der Waals surface area (Å²) in [5.41, 5.74) is 1.94. The molecule has 2 heterocycles. The lowest BCUT2D eigenvalue weighted by Crippen LogP contribution is -2.43. The van der Waals surface area contributed by atoms with E-state index in [0.29, 0.717) is 43.9 Å². The van der Waals surface area contributed by atoms with E-state index in [4.69, 9.17) is 11.6 Å². The number of halogens is 1. The van der Waals surface area contributed by atoms with Gasteiger partial charge in [0.15, 0.2) is 0 Å². The second-order valence-corrected chi connectivity index (χ2v) is 6.97. The minimum absolute atomic E-state index is 0.0359. The van der Waals surface area contributed by atoms with Crippen molar-refractivity contribution in [3.8, 4) is 0 Å². The van der Waals surface area contributed by atoms with E-state index in [0.717, 1.165) is 11.1 Å². The molecule has 1 N–H and O–H groups in total. The third-order valence-corrected chi connectivity index (χ3v) is 4.93. The summed E-state index contributed by atoms with van der Waals surface area (Å²) in [6.45, 7) is 1.73. The fourth-order valence-corrected chi connectivity index (χ4v) is 3.24. The summed E-state index contributed by atoms with van der Waals surface area (Å²) in [5.74, 6) is 0.117. The highest BCUT2D eigenvalue weighted by molar-refractivity contribution is 6.30. The molecule has 136 valence electrons. The monoisotopic (exact) mass is 371 g/mol. The van der Waals surface area contributed by atoms with Crippen LogP contribution >= 0.6 is 11.6 Å². The van der Waals surface area contributed by atoms with Crippen molar-refractivity contribution in [3.05, 3.63) is 64.9 Å². The maximum atomic E-state index is 12.4. The van der Waals surface area contributed by atoms with Gasteiger partial charge in [0.1, 0.15) is 0 Å². The Bertz CT molecular complexity index is 741. The van der Waals surface area contributed by atoms with Gasteiger partial charge >= 0.3 is 0 Å². The molecule has 1 aromatic carbocycles. The van der Waals surface area contributed by atoms with Gasteiger partial charge in [-0.15, -0.1) is 0 Å². The Hall–Kier alpha value is -2.40. The molecule has 0 radical (unpaired) electrons. The van der Waals surface area contributed by atoms with Crippen LogP contribution in [0.2, 0.25) is 5.02 Å². The average Bonchev–Trinajstić information content (AvgIpc) is 2.69. The zero-order chi connectivity index (χ0) is 18.4. The van der Waals surface area contributed by atoms with E-state index >= 15 is 0 Å². The number of amides is 2. The Morgan fingerprint density at radius 1 is 1.12 bits per heavy atom. The fraction of sp³-hybridized carbons (Fsp3) is 0.350. The van der Waals surface area contributed by atoms with Crippen LogP contribution in [0.3, 0.4) is 0 Å². The Kier molecular flexibility index (Phi) is 6.23. The van der Waals surface area contributed by atoms with E-state index in [1.54, 1.807) is 24.5 Å². The Labute approximate surface area is 158 Å². The van der Waals surface area contributed by atoms with Crippen molar-refractivity contribution in [2.24, 2.45) is 5.92 Å². The molecule has 1 fully saturated rings. The molecule has 1 saturated heterocycles. The third kappa shape index (κ3) is 5.05. The number of hydrogen-bond donors (Lipinski definition) is 1. The SMILES string of the molecule is O=C(NCc1cccnc1)C1CCN(C(=O)Cc2ccc(Cl)cc2)CC1. The van der Waals surface area contributed by atoms with E-state index < -0.39 is 0 Å². The molecule has 5 nitrogen and oxygen atoms in total. The van der Waals surface area contributed by atoms with Crippen LogP contribution < -0.4 is 5.32 Å². The zero-order valence-corrected chi connectivity index (χ0v) is 15.3. The van der Waals surface area contributed by atoms with Gasteiger partial charge in [0, 0.05) is 43.0 Å². The lowest BCUT2D eigenvalue weighted by Gasteiger charge is -2.31. The number of likely N-dealkylation sites (tertiary alicyclic amines) is 1. The first-order valence-corrected chi connectivity index (χ1v) is 9.18. The molecule has 0 aliphatic carbocycles. The lowest BCUT2D eigenvalue weighted by atomic mass is 9.95. The van der Waals surface area contributed by atoms with Gasteiger partial charge < -0.3 is 10.2 Å². The predicted octanol–water partition coefficient (Wildman–Crippen LogP) is 2.83. The molecule has 0 atom stereocenters. The first-order chi connectivity index (χ1) is 12.6. The number of hydrogen-bond acceptors (Lipinski definition) is 3. The van der Waals surface area contributed by atoms with E-state index in [9.17, 15) is 9.59 Å². The quantitative estimate of drug-likeness (QED) is 0.879. The number of nitrogens with one attached hydrogen (secondary N) is 1. The summed E-state index contributed by atoms with van der Waals surface area (Å²) < 4.78 is 0. The van der Waals surface area contributed by atoms with Crippen LogP contribution in [0.25, 0.3) is 0 Å². The van der Waals surface area contributed by atoms with E-state index in [2.05, 4.69) is 10.3 Å². The molecule has 0 unspecified atom stereocenters. The average molecular weight is 372 g/mol. The van der Waals surface area contributed by atoms with Crippen molar-refractivity contribution in [3.63, 3.8) is 0 Å². The minimum atomic E-state index is -0.0359. The van der Waals surface area contributed by atoms with Crippen LogP contribution in [0.5, 0.6) is 0 Å². The summed E-state index contributed by atoms with van der Waals surface area (Å²) in [4.78, 5) is 30.6. The Balaban J connectivity index is 1.43. The molecular formula is C20H22ClN3O2. The second-order valence-electron chi connectivity index (χ2n) is 6.54. The van der Waals surface area contributed by atoms with E-state index in [1.807, 2.05) is 29.2 Å². The van der Waals surface area contributed by atoms with Crippen LogP contribution in [0.15, 0.2) is 48.8 Å². The standard InChI is InChI=1S/C20H22ClN3O2/c21-18-5-3-15(4-6-18)12-19(25)24-10-7-17(8-11-24)20(26)23-14-16-2-1-9-22-13-16/h1-6,9,13,17H,7-8,10-12,14H2,(H,23,26). The van der Waals surface area contributed by atoms with Crippen molar-refractivity contribution in [1.29, 1.82) is 0 Å². The summed E-state index contributed by atoms with van der Waals surface area (Å²) in [5, 5.41) is 3.63. The number of pyridine rings is 1. The Morgan fingerprint density at radius 2 is 1.85 bits per heavy atom. The van der Waals surface area contributed by atoms with Gasteiger partial charge in [-0.25, -0.2) is 0 Å². The highest BCUT2D eigenvalue weighted by atomic mass is 35.5. The van der Waals surface area contributed by atoms with Crippen LogP contribution in [0, 0.1) is 5.92 Å². The molecule has 2 aromatic rings. The Morgan fingerprint density at radius 3 is 2.50 bits per heavy atom. The number of piperidine rings is 1. The second kappa shape index (κ2) is 8.81. The first kappa shape index (κ1) is 18.4. The smallest absolute Gasteiger partial charge is 0.226 e. The maximum Gasteiger partial charge on any atom is 0.226 e. The summed E-state index contributed by atoms with van der Waals surface area (Å²) in [7, 11) is 0. The topological polar surface area (TPSA) is 62.3 Å². The molecule has 1 aliphatic heterocycles. The van der Waals surface area contributed by atoms with E-state index in [-0.39, 0.29) is 17.7 Å². The van der Waals surface area contributed by atoms with Gasteiger partial charge in [-0.05, 0) is 42.2 Å².